The van der Waals surface area contributed by atoms with Gasteiger partial charge in [0.2, 0.25) is 11.0 Å². The van der Waals surface area contributed by atoms with Gasteiger partial charge in [0, 0.05) is 12.6 Å². The second kappa shape index (κ2) is 9.00. The lowest BCUT2D eigenvalue weighted by atomic mass is 9.84. The highest BCUT2D eigenvalue weighted by Gasteiger charge is 2.42. The van der Waals surface area contributed by atoms with Crippen molar-refractivity contribution in [3.63, 3.8) is 0 Å². The molecule has 2 aromatic rings. The number of fused-ring (bicyclic) bond motifs is 2. The first-order valence-electron chi connectivity index (χ1n) is 10.3. The summed E-state index contributed by atoms with van der Waals surface area (Å²) >= 11 is 2.87. The van der Waals surface area contributed by atoms with Gasteiger partial charge in [-0.25, -0.2) is 4.39 Å². The van der Waals surface area contributed by atoms with E-state index in [4.69, 9.17) is 0 Å². The summed E-state index contributed by atoms with van der Waals surface area (Å²) in [5, 5.41) is 15.2. The van der Waals surface area contributed by atoms with Crippen LogP contribution in [0.4, 0.5) is 9.52 Å². The predicted octanol–water partition coefficient (Wildman–Crippen LogP) is 4.71. The third-order valence-corrected chi connectivity index (χ3v) is 8.28. The lowest BCUT2D eigenvalue weighted by molar-refractivity contribution is -0.121. The predicted molar refractivity (Wildman–Crippen MR) is 115 cm³/mol. The molecule has 29 heavy (non-hydrogen) atoms. The molecule has 0 radical (unpaired) electrons. The fourth-order valence-electron chi connectivity index (χ4n) is 4.67. The summed E-state index contributed by atoms with van der Waals surface area (Å²) in [5.41, 5.74) is 0.971. The Kier molecular flexibility index (Phi) is 6.39. The van der Waals surface area contributed by atoms with Crippen LogP contribution in [-0.4, -0.2) is 27.4 Å². The zero-order valence-electron chi connectivity index (χ0n) is 16.7. The molecular weight excluding hydrogens is 407 g/mol. The number of carbonyl (C=O) groups excluding carboxylic acids is 1. The van der Waals surface area contributed by atoms with Crippen molar-refractivity contribution in [1.82, 2.24) is 15.5 Å². The van der Waals surface area contributed by atoms with Gasteiger partial charge in [-0.1, -0.05) is 41.7 Å². The lowest BCUT2D eigenvalue weighted by Crippen LogP contribution is -2.43. The van der Waals surface area contributed by atoms with E-state index in [0.717, 1.165) is 21.7 Å². The molecule has 1 aromatic carbocycles. The molecule has 5 nitrogen and oxygen atoms in total. The number of benzene rings is 1. The first-order chi connectivity index (χ1) is 14.0. The fraction of sp³-hybridized carbons (Fsp3) is 0.571. The monoisotopic (exact) mass is 434 g/mol. The molecule has 0 saturated heterocycles. The molecule has 5 unspecified atom stereocenters. The number of nitrogens with zero attached hydrogens (tertiary/aromatic N) is 2. The lowest BCUT2D eigenvalue weighted by Gasteiger charge is -2.29. The standard InChI is InChI=1S/C21H27FN4OS2/c1-12(18-10-15-3-6-16(18)9-15)24-19(27)13(2)28-21-26-25-20(29-21)23-11-14-4-7-17(22)8-5-14/h4-5,7-8,12-13,15-16,18H,3,6,9-11H2,1-2H3,(H,23,25)(H,24,27). The van der Waals surface area contributed by atoms with E-state index in [2.05, 4.69) is 27.8 Å². The Morgan fingerprint density at radius 1 is 1.24 bits per heavy atom. The Morgan fingerprint density at radius 2 is 2.03 bits per heavy atom. The van der Waals surface area contributed by atoms with Crippen molar-refractivity contribution < 1.29 is 9.18 Å². The Balaban J connectivity index is 1.24. The molecule has 0 aliphatic heterocycles. The molecule has 1 heterocycles. The zero-order valence-corrected chi connectivity index (χ0v) is 18.4. The Bertz CT molecular complexity index is 843. The van der Waals surface area contributed by atoms with Gasteiger partial charge in [-0.3, -0.25) is 4.79 Å². The topological polar surface area (TPSA) is 66.9 Å². The van der Waals surface area contributed by atoms with Crippen molar-refractivity contribution in [2.24, 2.45) is 17.8 Å². The van der Waals surface area contributed by atoms with E-state index in [1.807, 2.05) is 6.92 Å². The fourth-order valence-corrected chi connectivity index (χ4v) is 6.57. The van der Waals surface area contributed by atoms with Crippen LogP contribution in [0.25, 0.3) is 0 Å². The molecule has 2 aliphatic rings. The third kappa shape index (κ3) is 5.09. The normalized spacial score (nSPS) is 25.0. The maximum Gasteiger partial charge on any atom is 0.233 e. The van der Waals surface area contributed by atoms with Crippen LogP contribution in [0.15, 0.2) is 28.6 Å². The number of anilines is 1. The smallest absolute Gasteiger partial charge is 0.233 e. The van der Waals surface area contributed by atoms with E-state index in [-0.39, 0.29) is 23.0 Å². The van der Waals surface area contributed by atoms with Gasteiger partial charge in [0.1, 0.15) is 5.82 Å². The summed E-state index contributed by atoms with van der Waals surface area (Å²) in [6.45, 7) is 4.63. The van der Waals surface area contributed by atoms with Gasteiger partial charge in [-0.05, 0) is 68.6 Å². The summed E-state index contributed by atoms with van der Waals surface area (Å²) in [6.07, 6.45) is 5.34. The van der Waals surface area contributed by atoms with Crippen LogP contribution < -0.4 is 10.6 Å². The molecule has 0 spiro atoms. The number of hydrogen-bond acceptors (Lipinski definition) is 6. The molecule has 2 fully saturated rings. The highest BCUT2D eigenvalue weighted by atomic mass is 32.2. The van der Waals surface area contributed by atoms with Gasteiger partial charge in [-0.2, -0.15) is 0 Å². The molecule has 8 heteroatoms. The highest BCUT2D eigenvalue weighted by Crippen LogP contribution is 2.49. The van der Waals surface area contributed by atoms with E-state index in [0.29, 0.717) is 17.6 Å². The molecule has 4 rings (SSSR count). The number of thioether (sulfide) groups is 1. The van der Waals surface area contributed by atoms with Gasteiger partial charge in [0.25, 0.3) is 0 Å². The minimum atomic E-state index is -0.245. The number of halogens is 1. The molecule has 2 saturated carbocycles. The van der Waals surface area contributed by atoms with Crippen molar-refractivity contribution in [3.05, 3.63) is 35.6 Å². The minimum absolute atomic E-state index is 0.0706. The number of nitrogens with one attached hydrogen (secondary N) is 2. The Morgan fingerprint density at radius 3 is 2.72 bits per heavy atom. The Hall–Kier alpha value is -1.67. The summed E-state index contributed by atoms with van der Waals surface area (Å²) < 4.78 is 13.7. The molecule has 156 valence electrons. The van der Waals surface area contributed by atoms with Crippen LogP contribution in [0.3, 0.4) is 0 Å². The number of carbonyl (C=O) groups is 1. The molecule has 1 aromatic heterocycles. The summed E-state index contributed by atoms with van der Waals surface area (Å²) in [5.74, 6) is 2.15. The van der Waals surface area contributed by atoms with Crippen LogP contribution in [-0.2, 0) is 11.3 Å². The third-order valence-electron chi connectivity index (χ3n) is 6.22. The van der Waals surface area contributed by atoms with Gasteiger partial charge < -0.3 is 10.6 Å². The first kappa shape index (κ1) is 20.6. The van der Waals surface area contributed by atoms with Gasteiger partial charge in [-0.15, -0.1) is 10.2 Å². The highest BCUT2D eigenvalue weighted by molar-refractivity contribution is 8.02. The number of hydrogen-bond donors (Lipinski definition) is 2. The van der Waals surface area contributed by atoms with E-state index in [9.17, 15) is 9.18 Å². The molecule has 2 bridgehead atoms. The van der Waals surface area contributed by atoms with Crippen molar-refractivity contribution in [1.29, 1.82) is 0 Å². The Labute approximate surface area is 179 Å². The largest absolute Gasteiger partial charge is 0.356 e. The molecular formula is C21H27FN4OS2. The van der Waals surface area contributed by atoms with Crippen molar-refractivity contribution >= 4 is 34.1 Å². The SMILES string of the molecule is CC(Sc1nnc(NCc2ccc(F)cc2)s1)C(=O)NC(C)C1CC2CCC1C2. The summed E-state index contributed by atoms with van der Waals surface area (Å²) in [4.78, 5) is 12.6. The average molecular weight is 435 g/mol. The maximum atomic E-state index is 13.0. The first-order valence-corrected chi connectivity index (χ1v) is 12.0. The molecule has 1 amide bonds. The number of aromatic nitrogens is 2. The van der Waals surface area contributed by atoms with E-state index in [1.165, 1.54) is 60.9 Å². The average Bonchev–Trinajstić information content (AvgIpc) is 3.44. The van der Waals surface area contributed by atoms with E-state index in [1.54, 1.807) is 12.1 Å². The summed E-state index contributed by atoms with van der Waals surface area (Å²) in [6, 6.07) is 6.60. The van der Waals surface area contributed by atoms with Crippen LogP contribution in [0.2, 0.25) is 0 Å². The molecule has 2 N–H and O–H groups in total. The number of rotatable bonds is 8. The van der Waals surface area contributed by atoms with Crippen LogP contribution >= 0.6 is 23.1 Å². The van der Waals surface area contributed by atoms with Gasteiger partial charge in [0.15, 0.2) is 4.34 Å². The van der Waals surface area contributed by atoms with E-state index < -0.39 is 0 Å². The van der Waals surface area contributed by atoms with Crippen molar-refractivity contribution in [2.45, 2.75) is 61.7 Å². The maximum absolute atomic E-state index is 13.0. The van der Waals surface area contributed by atoms with Crippen LogP contribution in [0, 0.1) is 23.6 Å². The zero-order chi connectivity index (χ0) is 20.4. The summed E-state index contributed by atoms with van der Waals surface area (Å²) in [7, 11) is 0. The van der Waals surface area contributed by atoms with E-state index >= 15 is 0 Å². The minimum Gasteiger partial charge on any atom is -0.356 e. The van der Waals surface area contributed by atoms with Gasteiger partial charge >= 0.3 is 0 Å². The van der Waals surface area contributed by atoms with Crippen LogP contribution in [0.5, 0.6) is 0 Å². The molecule has 5 atom stereocenters. The molecule has 2 aliphatic carbocycles. The number of amides is 1. The van der Waals surface area contributed by atoms with Gasteiger partial charge in [0.05, 0.1) is 5.25 Å². The van der Waals surface area contributed by atoms with Crippen molar-refractivity contribution in [2.75, 3.05) is 5.32 Å². The van der Waals surface area contributed by atoms with Crippen LogP contribution in [0.1, 0.15) is 45.1 Å². The van der Waals surface area contributed by atoms with Crippen molar-refractivity contribution in [3.8, 4) is 0 Å². The quantitative estimate of drug-likeness (QED) is 0.589. The second-order valence-electron chi connectivity index (χ2n) is 8.25. The second-order valence-corrected chi connectivity index (χ2v) is 10.8.